The summed E-state index contributed by atoms with van der Waals surface area (Å²) in [7, 11) is 0. The summed E-state index contributed by atoms with van der Waals surface area (Å²) >= 11 is 0. The standard InChI is InChI=1S/C23H31N3O2/c1-17-12-19(14-24-15-22(27)26-20-8-4-3-5-9-20)13-18(2)23(17)28-16-21-10-6-7-11-25-21/h6-7,10-13,20,24H,3-5,8-9,14-16H2,1-2H3,(H,26,27). The van der Waals surface area contributed by atoms with Crippen molar-refractivity contribution < 1.29 is 9.53 Å². The molecule has 1 amide bonds. The van der Waals surface area contributed by atoms with E-state index in [9.17, 15) is 4.79 Å². The second kappa shape index (κ2) is 10.2. The van der Waals surface area contributed by atoms with E-state index in [4.69, 9.17) is 4.74 Å². The molecule has 1 heterocycles. The Morgan fingerprint density at radius 2 is 1.89 bits per heavy atom. The summed E-state index contributed by atoms with van der Waals surface area (Å²) in [6.45, 7) is 5.59. The molecule has 0 unspecified atom stereocenters. The molecule has 28 heavy (non-hydrogen) atoms. The van der Waals surface area contributed by atoms with Crippen LogP contribution >= 0.6 is 0 Å². The molecule has 5 heteroatoms. The first-order valence-corrected chi connectivity index (χ1v) is 10.2. The first-order valence-electron chi connectivity index (χ1n) is 10.2. The van der Waals surface area contributed by atoms with Gasteiger partial charge in [-0.3, -0.25) is 9.78 Å². The highest BCUT2D eigenvalue weighted by Crippen LogP contribution is 2.25. The van der Waals surface area contributed by atoms with Crippen LogP contribution in [0.3, 0.4) is 0 Å². The third-order valence-corrected chi connectivity index (χ3v) is 5.20. The van der Waals surface area contributed by atoms with Crippen molar-refractivity contribution in [2.75, 3.05) is 6.54 Å². The van der Waals surface area contributed by atoms with Crippen molar-refractivity contribution in [3.63, 3.8) is 0 Å². The van der Waals surface area contributed by atoms with Gasteiger partial charge in [0.25, 0.3) is 0 Å². The minimum atomic E-state index is 0.0932. The second-order valence-electron chi connectivity index (χ2n) is 7.67. The highest BCUT2D eigenvalue weighted by atomic mass is 16.5. The summed E-state index contributed by atoms with van der Waals surface area (Å²) in [4.78, 5) is 16.4. The lowest BCUT2D eigenvalue weighted by Gasteiger charge is -2.22. The summed E-state index contributed by atoms with van der Waals surface area (Å²) < 4.78 is 5.99. The van der Waals surface area contributed by atoms with Crippen molar-refractivity contribution in [1.82, 2.24) is 15.6 Å². The van der Waals surface area contributed by atoms with Gasteiger partial charge in [-0.2, -0.15) is 0 Å². The van der Waals surface area contributed by atoms with Gasteiger partial charge in [0.1, 0.15) is 12.4 Å². The number of aromatic nitrogens is 1. The van der Waals surface area contributed by atoms with Crippen LogP contribution in [0, 0.1) is 13.8 Å². The van der Waals surface area contributed by atoms with Gasteiger partial charge in [-0.05, 0) is 55.5 Å². The van der Waals surface area contributed by atoms with E-state index >= 15 is 0 Å². The average molecular weight is 382 g/mol. The van der Waals surface area contributed by atoms with Gasteiger partial charge >= 0.3 is 0 Å². The Bertz CT molecular complexity index is 748. The van der Waals surface area contributed by atoms with Gasteiger partial charge in [-0.1, -0.05) is 37.5 Å². The molecule has 2 N–H and O–H groups in total. The van der Waals surface area contributed by atoms with E-state index in [0.717, 1.165) is 41.0 Å². The Hall–Kier alpha value is -2.40. The molecule has 5 nitrogen and oxygen atoms in total. The zero-order valence-electron chi connectivity index (χ0n) is 17.0. The summed E-state index contributed by atoms with van der Waals surface area (Å²) in [5.41, 5.74) is 4.26. The van der Waals surface area contributed by atoms with Gasteiger partial charge in [0.15, 0.2) is 0 Å². The van der Waals surface area contributed by atoms with Crippen LogP contribution in [-0.4, -0.2) is 23.5 Å². The monoisotopic (exact) mass is 381 g/mol. The Kier molecular flexibility index (Phi) is 7.43. The minimum absolute atomic E-state index is 0.0932. The van der Waals surface area contributed by atoms with Gasteiger partial charge in [-0.15, -0.1) is 0 Å². The maximum absolute atomic E-state index is 12.1. The number of aryl methyl sites for hydroxylation is 2. The Morgan fingerprint density at radius 3 is 2.57 bits per heavy atom. The molecule has 1 aliphatic carbocycles. The fourth-order valence-electron chi connectivity index (χ4n) is 3.85. The first-order chi connectivity index (χ1) is 13.6. The molecule has 1 aromatic heterocycles. The van der Waals surface area contributed by atoms with Crippen molar-refractivity contribution in [3.8, 4) is 5.75 Å². The molecular weight excluding hydrogens is 350 g/mol. The topological polar surface area (TPSA) is 63.2 Å². The number of benzene rings is 1. The fourth-order valence-corrected chi connectivity index (χ4v) is 3.85. The molecule has 0 radical (unpaired) electrons. The van der Waals surface area contributed by atoms with Gasteiger partial charge < -0.3 is 15.4 Å². The number of hydrogen-bond donors (Lipinski definition) is 2. The summed E-state index contributed by atoms with van der Waals surface area (Å²) in [5.74, 6) is 1.00. The van der Waals surface area contributed by atoms with Crippen LogP contribution in [0.4, 0.5) is 0 Å². The van der Waals surface area contributed by atoms with E-state index in [1.54, 1.807) is 6.20 Å². The smallest absolute Gasteiger partial charge is 0.234 e. The summed E-state index contributed by atoms with van der Waals surface area (Å²) in [5, 5.41) is 6.40. The molecule has 150 valence electrons. The van der Waals surface area contributed by atoms with E-state index in [0.29, 0.717) is 25.7 Å². The van der Waals surface area contributed by atoms with Crippen LogP contribution in [-0.2, 0) is 17.9 Å². The number of nitrogens with zero attached hydrogens (tertiary/aromatic N) is 1. The quantitative estimate of drug-likeness (QED) is 0.730. The van der Waals surface area contributed by atoms with Crippen molar-refractivity contribution in [2.24, 2.45) is 0 Å². The van der Waals surface area contributed by atoms with Crippen molar-refractivity contribution >= 4 is 5.91 Å². The van der Waals surface area contributed by atoms with E-state index in [1.807, 2.05) is 18.2 Å². The Balaban J connectivity index is 1.47. The predicted octanol–water partition coefficient (Wildman–Crippen LogP) is 3.82. The van der Waals surface area contributed by atoms with Crippen LogP contribution in [0.15, 0.2) is 36.5 Å². The van der Waals surface area contributed by atoms with Crippen LogP contribution < -0.4 is 15.4 Å². The van der Waals surface area contributed by atoms with Crippen LogP contribution in [0.5, 0.6) is 5.75 Å². The maximum Gasteiger partial charge on any atom is 0.234 e. The zero-order chi connectivity index (χ0) is 19.8. The third kappa shape index (κ3) is 6.06. The predicted molar refractivity (Wildman–Crippen MR) is 111 cm³/mol. The van der Waals surface area contributed by atoms with E-state index in [1.165, 1.54) is 19.3 Å². The van der Waals surface area contributed by atoms with Gasteiger partial charge in [0.2, 0.25) is 5.91 Å². The number of nitrogens with one attached hydrogen (secondary N) is 2. The van der Waals surface area contributed by atoms with Crippen molar-refractivity contribution in [1.29, 1.82) is 0 Å². The molecule has 1 saturated carbocycles. The summed E-state index contributed by atoms with van der Waals surface area (Å²) in [6.07, 6.45) is 7.76. The van der Waals surface area contributed by atoms with Crippen molar-refractivity contribution in [2.45, 2.75) is 65.1 Å². The van der Waals surface area contributed by atoms with E-state index in [2.05, 4.69) is 41.6 Å². The van der Waals surface area contributed by atoms with Crippen LogP contribution in [0.1, 0.15) is 54.5 Å². The van der Waals surface area contributed by atoms with E-state index < -0.39 is 0 Å². The zero-order valence-corrected chi connectivity index (χ0v) is 17.0. The minimum Gasteiger partial charge on any atom is -0.487 e. The normalized spacial score (nSPS) is 14.6. The number of hydrogen-bond acceptors (Lipinski definition) is 4. The van der Waals surface area contributed by atoms with E-state index in [-0.39, 0.29) is 5.91 Å². The van der Waals surface area contributed by atoms with Crippen LogP contribution in [0.2, 0.25) is 0 Å². The van der Waals surface area contributed by atoms with Gasteiger partial charge in [0, 0.05) is 18.8 Å². The lowest BCUT2D eigenvalue weighted by molar-refractivity contribution is -0.121. The fraction of sp³-hybridized carbons (Fsp3) is 0.478. The number of carbonyl (C=O) groups is 1. The Morgan fingerprint density at radius 1 is 1.14 bits per heavy atom. The lowest BCUT2D eigenvalue weighted by Crippen LogP contribution is -2.41. The number of carbonyl (C=O) groups excluding carboxylic acids is 1. The maximum atomic E-state index is 12.1. The molecule has 0 spiro atoms. The lowest BCUT2D eigenvalue weighted by atomic mass is 9.95. The third-order valence-electron chi connectivity index (χ3n) is 5.20. The molecule has 0 bridgehead atoms. The van der Waals surface area contributed by atoms with Gasteiger partial charge in [0.05, 0.1) is 12.2 Å². The molecule has 2 aromatic rings. The highest BCUT2D eigenvalue weighted by Gasteiger charge is 2.15. The largest absolute Gasteiger partial charge is 0.487 e. The SMILES string of the molecule is Cc1cc(CNCC(=O)NC2CCCCC2)cc(C)c1OCc1ccccn1. The molecule has 1 aromatic carbocycles. The number of amides is 1. The molecular formula is C23H31N3O2. The molecule has 0 aliphatic heterocycles. The summed E-state index contributed by atoms with van der Waals surface area (Å²) in [6, 6.07) is 10.4. The highest BCUT2D eigenvalue weighted by molar-refractivity contribution is 5.78. The molecule has 3 rings (SSSR count). The van der Waals surface area contributed by atoms with Crippen molar-refractivity contribution in [3.05, 3.63) is 58.9 Å². The molecule has 0 atom stereocenters. The van der Waals surface area contributed by atoms with Crippen LogP contribution in [0.25, 0.3) is 0 Å². The molecule has 0 saturated heterocycles. The second-order valence-corrected chi connectivity index (χ2v) is 7.67. The first kappa shape index (κ1) is 20.3. The average Bonchev–Trinajstić information content (AvgIpc) is 2.69. The number of ether oxygens (including phenoxy) is 1. The van der Waals surface area contributed by atoms with Gasteiger partial charge in [-0.25, -0.2) is 0 Å². The molecule has 1 aliphatic rings. The number of rotatable bonds is 8. The Labute approximate surface area is 167 Å². The molecule has 1 fully saturated rings. The number of pyridine rings is 1.